The average molecular weight is 469 g/mol. The first-order chi connectivity index (χ1) is 17.1. The molecule has 1 aliphatic rings. The summed E-state index contributed by atoms with van der Waals surface area (Å²) in [5.74, 6) is 0.279. The molecule has 7 heteroatoms. The van der Waals surface area contributed by atoms with Crippen LogP contribution in [0.5, 0.6) is 5.75 Å². The smallest absolute Gasteiger partial charge is 0.339 e. The Kier molecular flexibility index (Phi) is 6.30. The number of esters is 1. The number of hydrogen-bond acceptors (Lipinski definition) is 6. The van der Waals surface area contributed by atoms with Gasteiger partial charge in [0, 0.05) is 5.39 Å². The molecule has 1 aliphatic carbocycles. The molecule has 2 aromatic heterocycles. The summed E-state index contributed by atoms with van der Waals surface area (Å²) in [6, 6.07) is 18.4. The first-order valence-electron chi connectivity index (χ1n) is 11.4. The van der Waals surface area contributed by atoms with E-state index in [0.717, 1.165) is 58.3 Å². The highest BCUT2D eigenvalue weighted by Crippen LogP contribution is 2.36. The second-order valence-corrected chi connectivity index (χ2v) is 8.35. The lowest BCUT2D eigenvalue weighted by Gasteiger charge is -2.22. The maximum absolute atomic E-state index is 13.4. The van der Waals surface area contributed by atoms with Gasteiger partial charge in [0.25, 0.3) is 5.91 Å². The van der Waals surface area contributed by atoms with Gasteiger partial charge >= 0.3 is 5.97 Å². The van der Waals surface area contributed by atoms with Crippen molar-refractivity contribution in [1.29, 1.82) is 0 Å². The summed E-state index contributed by atoms with van der Waals surface area (Å²) in [5.41, 5.74) is 9.94. The molecular formula is C28H24N2O5. The van der Waals surface area contributed by atoms with Crippen molar-refractivity contribution in [1.82, 2.24) is 4.98 Å². The SMILES string of the molecule is NC(=O)COc1cccc(COC(=O)c2c3c(nc4ccccc24)/C(=C\c2ccco2)CCC3)c1. The van der Waals surface area contributed by atoms with Gasteiger partial charge in [0.15, 0.2) is 6.61 Å². The number of fused-ring (bicyclic) bond motifs is 2. The van der Waals surface area contributed by atoms with Gasteiger partial charge in [0.1, 0.15) is 18.1 Å². The number of ether oxygens (including phenoxy) is 2. The third-order valence-electron chi connectivity index (χ3n) is 5.88. The van der Waals surface area contributed by atoms with E-state index in [1.807, 2.05) is 48.5 Å². The molecule has 0 aliphatic heterocycles. The Labute approximate surface area is 202 Å². The number of hydrogen-bond donors (Lipinski definition) is 1. The Morgan fingerprint density at radius 1 is 1.06 bits per heavy atom. The van der Waals surface area contributed by atoms with E-state index in [-0.39, 0.29) is 13.2 Å². The van der Waals surface area contributed by atoms with Crippen LogP contribution < -0.4 is 10.5 Å². The van der Waals surface area contributed by atoms with Gasteiger partial charge in [-0.05, 0) is 72.4 Å². The van der Waals surface area contributed by atoms with Crippen LogP contribution in [0.15, 0.2) is 71.3 Å². The fraction of sp³-hybridized carbons (Fsp3) is 0.179. The Hall–Kier alpha value is -4.39. The van der Waals surface area contributed by atoms with E-state index in [9.17, 15) is 9.59 Å². The molecule has 0 bridgehead atoms. The highest BCUT2D eigenvalue weighted by molar-refractivity contribution is 6.06. The number of nitrogens with two attached hydrogens (primary N) is 1. The number of furan rings is 1. The lowest BCUT2D eigenvalue weighted by Crippen LogP contribution is -2.20. The molecule has 7 nitrogen and oxygen atoms in total. The normalized spacial score (nSPS) is 14.0. The summed E-state index contributed by atoms with van der Waals surface area (Å²) in [5, 5.41) is 0.772. The molecule has 35 heavy (non-hydrogen) atoms. The second kappa shape index (κ2) is 9.85. The monoisotopic (exact) mass is 468 g/mol. The van der Waals surface area contributed by atoms with E-state index in [1.54, 1.807) is 24.5 Å². The number of amides is 1. The first-order valence-corrected chi connectivity index (χ1v) is 11.4. The van der Waals surface area contributed by atoms with Crippen LogP contribution in [0.25, 0.3) is 22.6 Å². The number of pyridine rings is 1. The number of carbonyl (C=O) groups is 2. The van der Waals surface area contributed by atoms with Gasteiger partial charge < -0.3 is 19.6 Å². The summed E-state index contributed by atoms with van der Waals surface area (Å²) in [7, 11) is 0. The summed E-state index contributed by atoms with van der Waals surface area (Å²) in [4.78, 5) is 29.3. The van der Waals surface area contributed by atoms with E-state index in [1.165, 1.54) is 0 Å². The van der Waals surface area contributed by atoms with Crippen LogP contribution in [0.4, 0.5) is 0 Å². The van der Waals surface area contributed by atoms with Gasteiger partial charge in [-0.3, -0.25) is 4.79 Å². The van der Waals surface area contributed by atoms with Crippen molar-refractivity contribution >= 4 is 34.4 Å². The molecule has 0 fully saturated rings. The Morgan fingerprint density at radius 2 is 1.94 bits per heavy atom. The Bertz CT molecular complexity index is 1420. The van der Waals surface area contributed by atoms with Crippen LogP contribution in [0.3, 0.4) is 0 Å². The Balaban J connectivity index is 1.47. The van der Waals surface area contributed by atoms with Crippen LogP contribution in [-0.4, -0.2) is 23.5 Å². The minimum absolute atomic E-state index is 0.0626. The minimum Gasteiger partial charge on any atom is -0.484 e. The molecule has 0 atom stereocenters. The molecule has 2 aromatic carbocycles. The lowest BCUT2D eigenvalue weighted by atomic mass is 9.86. The number of carbonyl (C=O) groups excluding carboxylic acids is 2. The minimum atomic E-state index is -0.559. The summed E-state index contributed by atoms with van der Waals surface area (Å²) < 4.78 is 16.6. The van der Waals surface area contributed by atoms with E-state index in [2.05, 4.69) is 0 Å². The summed E-state index contributed by atoms with van der Waals surface area (Å²) in [6.45, 7) is -0.153. The fourth-order valence-electron chi connectivity index (χ4n) is 4.35. The maximum atomic E-state index is 13.4. The van der Waals surface area contributed by atoms with Crippen molar-refractivity contribution in [3.8, 4) is 5.75 Å². The average Bonchev–Trinajstić information content (AvgIpc) is 3.38. The largest absolute Gasteiger partial charge is 0.484 e. The van der Waals surface area contributed by atoms with Gasteiger partial charge in [-0.2, -0.15) is 0 Å². The van der Waals surface area contributed by atoms with E-state index < -0.39 is 11.9 Å². The van der Waals surface area contributed by atoms with Gasteiger partial charge in [-0.25, -0.2) is 9.78 Å². The van der Waals surface area contributed by atoms with Crippen LogP contribution >= 0.6 is 0 Å². The molecule has 0 radical (unpaired) electrons. The predicted molar refractivity (Wildman–Crippen MR) is 132 cm³/mol. The molecule has 2 N–H and O–H groups in total. The highest BCUT2D eigenvalue weighted by Gasteiger charge is 2.26. The molecule has 1 amide bonds. The van der Waals surface area contributed by atoms with Gasteiger partial charge in [0.05, 0.1) is 23.0 Å². The van der Waals surface area contributed by atoms with Crippen LogP contribution in [0.2, 0.25) is 0 Å². The maximum Gasteiger partial charge on any atom is 0.339 e. The summed E-state index contributed by atoms with van der Waals surface area (Å²) >= 11 is 0. The van der Waals surface area contributed by atoms with Crippen molar-refractivity contribution in [2.45, 2.75) is 25.9 Å². The fourth-order valence-corrected chi connectivity index (χ4v) is 4.35. The van der Waals surface area contributed by atoms with E-state index in [0.29, 0.717) is 11.3 Å². The molecule has 0 saturated carbocycles. The standard InChI is InChI=1S/C28H24N2O5/c29-25(31)17-34-20-8-3-6-18(14-20)16-35-28(32)26-22-10-1-2-12-24(22)30-27-19(7-4-11-23(26)27)15-21-9-5-13-33-21/h1-3,5-6,8-10,12-15H,4,7,11,16-17H2,(H2,29,31)/b19-15-. The number of allylic oxidation sites excluding steroid dienone is 1. The topological polar surface area (TPSA) is 105 Å². The molecule has 0 spiro atoms. The third-order valence-corrected chi connectivity index (χ3v) is 5.88. The first kappa shape index (κ1) is 22.4. The quantitative estimate of drug-likeness (QED) is 0.386. The van der Waals surface area contributed by atoms with Gasteiger partial charge in [-0.1, -0.05) is 30.3 Å². The molecular weight excluding hydrogens is 444 g/mol. The van der Waals surface area contributed by atoms with Crippen molar-refractivity contribution in [2.24, 2.45) is 5.73 Å². The van der Waals surface area contributed by atoms with Crippen LogP contribution in [-0.2, 0) is 22.6 Å². The van der Waals surface area contributed by atoms with E-state index >= 15 is 0 Å². The zero-order valence-electron chi connectivity index (χ0n) is 19.0. The molecule has 2 heterocycles. The number of aromatic nitrogens is 1. The summed E-state index contributed by atoms with van der Waals surface area (Å²) in [6.07, 6.45) is 6.13. The number of primary amides is 1. The molecule has 0 unspecified atom stereocenters. The number of para-hydroxylation sites is 1. The van der Waals surface area contributed by atoms with Crippen LogP contribution in [0.1, 0.15) is 45.8 Å². The number of rotatable bonds is 7. The molecule has 5 rings (SSSR count). The molecule has 176 valence electrons. The molecule has 0 saturated heterocycles. The van der Waals surface area contributed by atoms with Crippen molar-refractivity contribution in [3.05, 3.63) is 95.1 Å². The van der Waals surface area contributed by atoms with Crippen molar-refractivity contribution < 1.29 is 23.5 Å². The van der Waals surface area contributed by atoms with E-state index in [4.69, 9.17) is 24.6 Å². The number of nitrogens with zero attached hydrogens (tertiary/aromatic N) is 1. The van der Waals surface area contributed by atoms with Crippen molar-refractivity contribution in [3.63, 3.8) is 0 Å². The Morgan fingerprint density at radius 3 is 2.77 bits per heavy atom. The zero-order valence-corrected chi connectivity index (χ0v) is 19.0. The van der Waals surface area contributed by atoms with Gasteiger partial charge in [0.2, 0.25) is 0 Å². The zero-order chi connectivity index (χ0) is 24.2. The van der Waals surface area contributed by atoms with Gasteiger partial charge in [-0.15, -0.1) is 0 Å². The van der Waals surface area contributed by atoms with Crippen molar-refractivity contribution in [2.75, 3.05) is 6.61 Å². The number of benzene rings is 2. The lowest BCUT2D eigenvalue weighted by molar-refractivity contribution is -0.119. The molecule has 4 aromatic rings. The second-order valence-electron chi connectivity index (χ2n) is 8.35. The van der Waals surface area contributed by atoms with Crippen LogP contribution in [0, 0.1) is 0 Å². The predicted octanol–water partition coefficient (Wildman–Crippen LogP) is 4.93. The third kappa shape index (κ3) is 4.94. The highest BCUT2D eigenvalue weighted by atomic mass is 16.5.